The van der Waals surface area contributed by atoms with Gasteiger partial charge in [0.25, 0.3) is 0 Å². The molecule has 1 fully saturated rings. The fraction of sp³-hybridized carbons (Fsp3) is 0.727. The molecular formula is C11H16N2O4. The molecule has 0 N–H and O–H groups in total. The molecular weight excluding hydrogens is 224 g/mol. The number of ether oxygens (including phenoxy) is 2. The lowest BCUT2D eigenvalue weighted by molar-refractivity contribution is -0.119. The van der Waals surface area contributed by atoms with E-state index in [4.69, 9.17) is 14.0 Å². The highest BCUT2D eigenvalue weighted by atomic mass is 16.6. The Bertz CT molecular complexity index is 385. The molecule has 0 bridgehead atoms. The van der Waals surface area contributed by atoms with Crippen molar-refractivity contribution in [3.8, 4) is 0 Å². The van der Waals surface area contributed by atoms with E-state index in [2.05, 4.69) is 10.1 Å². The van der Waals surface area contributed by atoms with E-state index in [0.29, 0.717) is 38.0 Å². The number of hydrogen-bond acceptors (Lipinski definition) is 6. The SMILES string of the molecule is CCC(C(C)=O)c1nc(C2COCCO2)no1. The van der Waals surface area contributed by atoms with E-state index in [-0.39, 0.29) is 17.8 Å². The molecule has 0 aliphatic carbocycles. The summed E-state index contributed by atoms with van der Waals surface area (Å²) in [4.78, 5) is 15.6. The lowest BCUT2D eigenvalue weighted by atomic mass is 10.0. The van der Waals surface area contributed by atoms with E-state index in [1.54, 1.807) is 0 Å². The Morgan fingerprint density at radius 1 is 1.53 bits per heavy atom. The topological polar surface area (TPSA) is 74.5 Å². The van der Waals surface area contributed by atoms with Gasteiger partial charge in [-0.1, -0.05) is 12.1 Å². The second-order valence-corrected chi connectivity index (χ2v) is 4.00. The maximum atomic E-state index is 11.4. The summed E-state index contributed by atoms with van der Waals surface area (Å²) >= 11 is 0. The largest absolute Gasteiger partial charge is 0.376 e. The van der Waals surface area contributed by atoms with Crippen molar-refractivity contribution >= 4 is 5.78 Å². The van der Waals surface area contributed by atoms with Gasteiger partial charge in [0, 0.05) is 0 Å². The molecule has 2 heterocycles. The summed E-state index contributed by atoms with van der Waals surface area (Å²) in [6, 6.07) is 0. The molecule has 1 aliphatic rings. The fourth-order valence-electron chi connectivity index (χ4n) is 1.79. The van der Waals surface area contributed by atoms with Crippen molar-refractivity contribution in [2.45, 2.75) is 32.3 Å². The van der Waals surface area contributed by atoms with Gasteiger partial charge in [0.05, 0.1) is 25.7 Å². The molecule has 0 amide bonds. The minimum Gasteiger partial charge on any atom is -0.376 e. The standard InChI is InChI=1S/C11H16N2O4/c1-3-8(7(2)14)11-12-10(13-17-11)9-6-15-4-5-16-9/h8-9H,3-6H2,1-2H3. The van der Waals surface area contributed by atoms with Crippen LogP contribution in [-0.4, -0.2) is 35.7 Å². The summed E-state index contributed by atoms with van der Waals surface area (Å²) in [6.07, 6.45) is 0.365. The van der Waals surface area contributed by atoms with E-state index in [0.717, 1.165) is 0 Å². The lowest BCUT2D eigenvalue weighted by Gasteiger charge is -2.19. The van der Waals surface area contributed by atoms with Gasteiger partial charge in [0.15, 0.2) is 0 Å². The van der Waals surface area contributed by atoms with Crippen LogP contribution in [0.3, 0.4) is 0 Å². The first-order valence-electron chi connectivity index (χ1n) is 5.75. The minimum atomic E-state index is -0.319. The number of rotatable bonds is 4. The first-order valence-corrected chi connectivity index (χ1v) is 5.75. The van der Waals surface area contributed by atoms with Gasteiger partial charge in [-0.3, -0.25) is 4.79 Å². The molecule has 94 valence electrons. The number of aromatic nitrogens is 2. The zero-order chi connectivity index (χ0) is 12.3. The van der Waals surface area contributed by atoms with Crippen LogP contribution >= 0.6 is 0 Å². The van der Waals surface area contributed by atoms with Crippen LogP contribution in [0.2, 0.25) is 0 Å². The van der Waals surface area contributed by atoms with Crippen LogP contribution in [0.1, 0.15) is 44.0 Å². The number of carbonyl (C=O) groups excluding carboxylic acids is 1. The van der Waals surface area contributed by atoms with Crippen LogP contribution in [0.5, 0.6) is 0 Å². The van der Waals surface area contributed by atoms with E-state index >= 15 is 0 Å². The second-order valence-electron chi connectivity index (χ2n) is 4.00. The molecule has 2 unspecified atom stereocenters. The maximum Gasteiger partial charge on any atom is 0.237 e. The van der Waals surface area contributed by atoms with E-state index in [9.17, 15) is 4.79 Å². The summed E-state index contributed by atoms with van der Waals surface area (Å²) in [5.41, 5.74) is 0. The van der Waals surface area contributed by atoms with Gasteiger partial charge in [-0.05, 0) is 13.3 Å². The van der Waals surface area contributed by atoms with Crippen LogP contribution in [0, 0.1) is 0 Å². The molecule has 0 spiro atoms. The molecule has 1 aliphatic heterocycles. The molecule has 0 radical (unpaired) electrons. The van der Waals surface area contributed by atoms with Gasteiger partial charge in [-0.25, -0.2) is 0 Å². The number of ketones is 1. The highest BCUT2D eigenvalue weighted by Crippen LogP contribution is 2.23. The third-order valence-electron chi connectivity index (χ3n) is 2.76. The Morgan fingerprint density at radius 2 is 2.35 bits per heavy atom. The van der Waals surface area contributed by atoms with Crippen molar-refractivity contribution in [3.05, 3.63) is 11.7 Å². The normalized spacial score (nSPS) is 22.4. The second kappa shape index (κ2) is 5.37. The molecule has 1 saturated heterocycles. The fourth-order valence-corrected chi connectivity index (χ4v) is 1.79. The van der Waals surface area contributed by atoms with Crippen molar-refractivity contribution in [1.29, 1.82) is 0 Å². The van der Waals surface area contributed by atoms with Crippen molar-refractivity contribution in [3.63, 3.8) is 0 Å². The van der Waals surface area contributed by atoms with E-state index < -0.39 is 0 Å². The molecule has 6 nitrogen and oxygen atoms in total. The zero-order valence-corrected chi connectivity index (χ0v) is 10.0. The van der Waals surface area contributed by atoms with Crippen LogP contribution in [-0.2, 0) is 14.3 Å². The summed E-state index contributed by atoms with van der Waals surface area (Å²) in [5, 5.41) is 3.85. The van der Waals surface area contributed by atoms with Gasteiger partial charge in [-0.15, -0.1) is 0 Å². The van der Waals surface area contributed by atoms with Crippen LogP contribution < -0.4 is 0 Å². The number of hydrogen-bond donors (Lipinski definition) is 0. The van der Waals surface area contributed by atoms with Crippen LogP contribution in [0.25, 0.3) is 0 Å². The summed E-state index contributed by atoms with van der Waals surface area (Å²) in [5.74, 6) is 0.535. The minimum absolute atomic E-state index is 0.0310. The molecule has 1 aromatic heterocycles. The van der Waals surface area contributed by atoms with Gasteiger partial charge in [0.1, 0.15) is 11.9 Å². The average molecular weight is 240 g/mol. The third-order valence-corrected chi connectivity index (χ3v) is 2.76. The van der Waals surface area contributed by atoms with Gasteiger partial charge in [0.2, 0.25) is 11.7 Å². The molecule has 2 rings (SSSR count). The number of Topliss-reactive ketones (excluding diaryl/α,β-unsaturated/α-hetero) is 1. The summed E-state index contributed by atoms with van der Waals surface area (Å²) in [7, 11) is 0. The Balaban J connectivity index is 2.11. The van der Waals surface area contributed by atoms with Crippen LogP contribution in [0.15, 0.2) is 4.52 Å². The van der Waals surface area contributed by atoms with Crippen molar-refractivity contribution < 1.29 is 18.8 Å². The monoisotopic (exact) mass is 240 g/mol. The Kier molecular flexibility index (Phi) is 3.86. The van der Waals surface area contributed by atoms with Crippen LogP contribution in [0.4, 0.5) is 0 Å². The number of carbonyl (C=O) groups is 1. The molecule has 17 heavy (non-hydrogen) atoms. The predicted molar refractivity (Wildman–Crippen MR) is 57.5 cm³/mol. The van der Waals surface area contributed by atoms with Gasteiger partial charge >= 0.3 is 0 Å². The number of nitrogens with zero attached hydrogens (tertiary/aromatic N) is 2. The summed E-state index contributed by atoms with van der Waals surface area (Å²) < 4.78 is 15.8. The van der Waals surface area contributed by atoms with E-state index in [1.807, 2.05) is 6.92 Å². The lowest BCUT2D eigenvalue weighted by Crippen LogP contribution is -2.22. The third kappa shape index (κ3) is 2.70. The quantitative estimate of drug-likeness (QED) is 0.788. The first-order chi connectivity index (χ1) is 8.22. The zero-order valence-electron chi connectivity index (χ0n) is 10.0. The summed E-state index contributed by atoms with van der Waals surface area (Å²) in [6.45, 7) is 4.98. The first kappa shape index (κ1) is 12.2. The average Bonchev–Trinajstić information content (AvgIpc) is 2.80. The van der Waals surface area contributed by atoms with E-state index in [1.165, 1.54) is 6.92 Å². The predicted octanol–water partition coefficient (Wildman–Crippen LogP) is 1.24. The van der Waals surface area contributed by atoms with Gasteiger partial charge in [-0.2, -0.15) is 4.98 Å². The van der Waals surface area contributed by atoms with Crippen molar-refractivity contribution in [2.24, 2.45) is 0 Å². The Labute approximate surface area is 99.3 Å². The van der Waals surface area contributed by atoms with Crippen molar-refractivity contribution in [2.75, 3.05) is 19.8 Å². The van der Waals surface area contributed by atoms with Gasteiger partial charge < -0.3 is 14.0 Å². The molecule has 6 heteroatoms. The maximum absolute atomic E-state index is 11.4. The highest BCUT2D eigenvalue weighted by Gasteiger charge is 2.26. The smallest absolute Gasteiger partial charge is 0.237 e. The molecule has 0 aromatic carbocycles. The highest BCUT2D eigenvalue weighted by molar-refractivity contribution is 5.82. The van der Waals surface area contributed by atoms with Crippen molar-refractivity contribution in [1.82, 2.24) is 10.1 Å². The molecule has 0 saturated carbocycles. The Morgan fingerprint density at radius 3 is 2.94 bits per heavy atom. The molecule has 2 atom stereocenters. The molecule has 1 aromatic rings. The Hall–Kier alpha value is -1.27.